The maximum Gasteiger partial charge on any atom is 0.00951 e. The molecule has 15 heavy (non-hydrogen) atoms. The highest BCUT2D eigenvalue weighted by Gasteiger charge is 2.42. The maximum absolute atomic E-state index is 3.58. The van der Waals surface area contributed by atoms with Gasteiger partial charge < -0.3 is 5.32 Å². The Morgan fingerprint density at radius 3 is 2.40 bits per heavy atom. The standard InChI is InChI=1S/C14H27N/c1-10(2)4-7-14(15-3)13-9-11-5-6-12(13)8-11/h10-15H,4-9H2,1-3H3. The lowest BCUT2D eigenvalue weighted by Crippen LogP contribution is -2.36. The first-order valence-electron chi connectivity index (χ1n) is 6.88. The van der Waals surface area contributed by atoms with E-state index in [9.17, 15) is 0 Å². The quantitative estimate of drug-likeness (QED) is 0.731. The van der Waals surface area contributed by atoms with Gasteiger partial charge in [0.2, 0.25) is 0 Å². The maximum atomic E-state index is 3.58. The fraction of sp³-hybridized carbons (Fsp3) is 1.00. The molecule has 4 atom stereocenters. The van der Waals surface area contributed by atoms with Gasteiger partial charge in [-0.2, -0.15) is 0 Å². The molecule has 2 aliphatic carbocycles. The summed E-state index contributed by atoms with van der Waals surface area (Å²) in [6, 6.07) is 0.808. The van der Waals surface area contributed by atoms with Crippen molar-refractivity contribution in [3.8, 4) is 0 Å². The molecular weight excluding hydrogens is 182 g/mol. The van der Waals surface area contributed by atoms with Gasteiger partial charge in [0.1, 0.15) is 0 Å². The Kier molecular flexibility index (Phi) is 3.71. The SMILES string of the molecule is CNC(CCC(C)C)C1CC2CCC1C2. The Morgan fingerprint density at radius 2 is 1.93 bits per heavy atom. The molecule has 88 valence electrons. The Morgan fingerprint density at radius 1 is 1.13 bits per heavy atom. The van der Waals surface area contributed by atoms with Gasteiger partial charge in [0.05, 0.1) is 0 Å². The zero-order valence-electron chi connectivity index (χ0n) is 10.6. The zero-order valence-corrected chi connectivity index (χ0v) is 10.6. The fourth-order valence-electron chi connectivity index (χ4n) is 3.87. The molecular formula is C14H27N. The van der Waals surface area contributed by atoms with E-state index in [1.807, 2.05) is 0 Å². The molecule has 0 aliphatic heterocycles. The van der Waals surface area contributed by atoms with Crippen molar-refractivity contribution in [2.45, 2.75) is 58.4 Å². The number of hydrogen-bond donors (Lipinski definition) is 1. The summed E-state index contributed by atoms with van der Waals surface area (Å²) in [7, 11) is 2.16. The molecule has 2 fully saturated rings. The van der Waals surface area contributed by atoms with Gasteiger partial charge in [0, 0.05) is 6.04 Å². The van der Waals surface area contributed by atoms with Gasteiger partial charge in [-0.25, -0.2) is 0 Å². The minimum Gasteiger partial charge on any atom is -0.317 e. The molecule has 2 aliphatic rings. The average Bonchev–Trinajstić information content (AvgIpc) is 2.79. The second-order valence-corrected chi connectivity index (χ2v) is 6.21. The average molecular weight is 209 g/mol. The van der Waals surface area contributed by atoms with Crippen molar-refractivity contribution in [3.05, 3.63) is 0 Å². The molecule has 2 rings (SSSR count). The van der Waals surface area contributed by atoms with Gasteiger partial charge in [-0.1, -0.05) is 20.3 Å². The van der Waals surface area contributed by atoms with Crippen LogP contribution in [0.3, 0.4) is 0 Å². The summed E-state index contributed by atoms with van der Waals surface area (Å²) in [5.41, 5.74) is 0. The molecule has 1 heteroatoms. The van der Waals surface area contributed by atoms with Crippen molar-refractivity contribution in [2.24, 2.45) is 23.7 Å². The third-order valence-electron chi connectivity index (χ3n) is 4.74. The second kappa shape index (κ2) is 4.86. The van der Waals surface area contributed by atoms with Crippen LogP contribution in [0.5, 0.6) is 0 Å². The van der Waals surface area contributed by atoms with Crippen LogP contribution in [0.25, 0.3) is 0 Å². The minimum atomic E-state index is 0.808. The van der Waals surface area contributed by atoms with Gasteiger partial charge in [-0.15, -0.1) is 0 Å². The molecule has 0 aromatic carbocycles. The highest BCUT2D eigenvalue weighted by atomic mass is 14.9. The molecule has 0 aromatic heterocycles. The third-order valence-corrected chi connectivity index (χ3v) is 4.74. The molecule has 4 unspecified atom stereocenters. The van der Waals surface area contributed by atoms with Gasteiger partial charge in [-0.3, -0.25) is 0 Å². The van der Waals surface area contributed by atoms with E-state index in [2.05, 4.69) is 26.2 Å². The van der Waals surface area contributed by atoms with Crippen molar-refractivity contribution in [3.63, 3.8) is 0 Å². The number of fused-ring (bicyclic) bond motifs is 2. The molecule has 0 aromatic rings. The largest absolute Gasteiger partial charge is 0.317 e. The molecule has 0 spiro atoms. The predicted octanol–water partition coefficient (Wildman–Crippen LogP) is 3.45. The van der Waals surface area contributed by atoms with Crippen LogP contribution in [-0.4, -0.2) is 13.1 Å². The van der Waals surface area contributed by atoms with Crippen LogP contribution < -0.4 is 5.32 Å². The fourth-order valence-corrected chi connectivity index (χ4v) is 3.87. The van der Waals surface area contributed by atoms with E-state index in [1.165, 1.54) is 32.1 Å². The summed E-state index contributed by atoms with van der Waals surface area (Å²) in [5, 5.41) is 3.58. The Balaban J connectivity index is 1.84. The van der Waals surface area contributed by atoms with E-state index in [1.54, 1.807) is 6.42 Å². The molecule has 2 bridgehead atoms. The molecule has 0 amide bonds. The number of hydrogen-bond acceptors (Lipinski definition) is 1. The van der Waals surface area contributed by atoms with E-state index in [4.69, 9.17) is 0 Å². The molecule has 2 saturated carbocycles. The van der Waals surface area contributed by atoms with Gasteiger partial charge in [0.25, 0.3) is 0 Å². The summed E-state index contributed by atoms with van der Waals surface area (Å²) in [5.74, 6) is 4.03. The van der Waals surface area contributed by atoms with Crippen LogP contribution in [0.15, 0.2) is 0 Å². The smallest absolute Gasteiger partial charge is 0.00951 e. The topological polar surface area (TPSA) is 12.0 Å². The lowest BCUT2D eigenvalue weighted by atomic mass is 9.81. The minimum absolute atomic E-state index is 0.808. The highest BCUT2D eigenvalue weighted by Crippen LogP contribution is 2.50. The van der Waals surface area contributed by atoms with Crippen molar-refractivity contribution < 1.29 is 0 Å². The normalized spacial score (nSPS) is 36.4. The van der Waals surface area contributed by atoms with Crippen molar-refractivity contribution in [2.75, 3.05) is 7.05 Å². The lowest BCUT2D eigenvalue weighted by molar-refractivity contribution is 0.239. The van der Waals surface area contributed by atoms with Crippen LogP contribution in [0, 0.1) is 23.7 Å². The first kappa shape index (κ1) is 11.4. The summed E-state index contributed by atoms with van der Waals surface area (Å²) in [6.07, 6.45) is 8.90. The van der Waals surface area contributed by atoms with Crippen molar-refractivity contribution in [1.82, 2.24) is 5.32 Å². The van der Waals surface area contributed by atoms with E-state index < -0.39 is 0 Å². The zero-order chi connectivity index (χ0) is 10.8. The summed E-state index contributed by atoms with van der Waals surface area (Å²) in [6.45, 7) is 4.68. The monoisotopic (exact) mass is 209 g/mol. The first-order chi connectivity index (χ1) is 7.20. The van der Waals surface area contributed by atoms with E-state index in [0.29, 0.717) is 0 Å². The second-order valence-electron chi connectivity index (χ2n) is 6.21. The molecule has 0 heterocycles. The lowest BCUT2D eigenvalue weighted by Gasteiger charge is -2.30. The molecule has 0 saturated heterocycles. The predicted molar refractivity (Wildman–Crippen MR) is 65.9 cm³/mol. The van der Waals surface area contributed by atoms with Crippen LogP contribution in [0.4, 0.5) is 0 Å². The highest BCUT2D eigenvalue weighted by molar-refractivity contribution is 4.94. The van der Waals surface area contributed by atoms with Crippen LogP contribution in [0.2, 0.25) is 0 Å². The molecule has 1 nitrogen and oxygen atoms in total. The van der Waals surface area contributed by atoms with Crippen molar-refractivity contribution in [1.29, 1.82) is 0 Å². The van der Waals surface area contributed by atoms with Crippen molar-refractivity contribution >= 4 is 0 Å². The number of rotatable bonds is 5. The Labute approximate surface area is 95.0 Å². The molecule has 1 N–H and O–H groups in total. The third kappa shape index (κ3) is 2.55. The summed E-state index contributed by atoms with van der Waals surface area (Å²) < 4.78 is 0. The Hall–Kier alpha value is -0.0400. The van der Waals surface area contributed by atoms with E-state index in [-0.39, 0.29) is 0 Å². The Bertz CT molecular complexity index is 200. The first-order valence-corrected chi connectivity index (χ1v) is 6.88. The van der Waals surface area contributed by atoms with E-state index >= 15 is 0 Å². The van der Waals surface area contributed by atoms with Crippen LogP contribution in [-0.2, 0) is 0 Å². The van der Waals surface area contributed by atoms with Crippen LogP contribution >= 0.6 is 0 Å². The summed E-state index contributed by atoms with van der Waals surface area (Å²) in [4.78, 5) is 0. The van der Waals surface area contributed by atoms with Gasteiger partial charge >= 0.3 is 0 Å². The van der Waals surface area contributed by atoms with E-state index in [0.717, 1.165) is 29.7 Å². The van der Waals surface area contributed by atoms with Gasteiger partial charge in [0.15, 0.2) is 0 Å². The summed E-state index contributed by atoms with van der Waals surface area (Å²) >= 11 is 0. The van der Waals surface area contributed by atoms with Gasteiger partial charge in [-0.05, 0) is 62.8 Å². The number of nitrogens with one attached hydrogen (secondary N) is 1. The molecule has 0 radical (unpaired) electrons. The van der Waals surface area contributed by atoms with Crippen LogP contribution in [0.1, 0.15) is 52.4 Å².